The Kier molecular flexibility index (Phi) is 5.04. The van der Waals surface area contributed by atoms with Crippen LogP contribution in [-0.2, 0) is 4.79 Å². The van der Waals surface area contributed by atoms with Crippen molar-refractivity contribution in [2.45, 2.75) is 65.5 Å². The lowest BCUT2D eigenvalue weighted by atomic mass is 9.75. The van der Waals surface area contributed by atoms with Crippen LogP contribution in [0.4, 0.5) is 5.69 Å². The van der Waals surface area contributed by atoms with Gasteiger partial charge in [-0.25, -0.2) is 0 Å². The Morgan fingerprint density at radius 1 is 1.29 bits per heavy atom. The largest absolute Gasteiger partial charge is 0.326 e. The number of carbonyl (C=O) groups is 1. The molecule has 1 saturated carbocycles. The molecule has 116 valence electrons. The van der Waals surface area contributed by atoms with Gasteiger partial charge in [-0.1, -0.05) is 26.0 Å². The molecule has 1 unspecified atom stereocenters. The average molecular weight is 288 g/mol. The van der Waals surface area contributed by atoms with Gasteiger partial charge in [0.1, 0.15) is 0 Å². The molecule has 2 N–H and O–H groups in total. The second-order valence-electron chi connectivity index (χ2n) is 7.13. The third-order valence-electron chi connectivity index (χ3n) is 4.53. The summed E-state index contributed by atoms with van der Waals surface area (Å²) >= 11 is 0. The third-order valence-corrected chi connectivity index (χ3v) is 4.53. The zero-order chi connectivity index (χ0) is 15.5. The van der Waals surface area contributed by atoms with Gasteiger partial charge in [0.2, 0.25) is 5.91 Å². The maximum Gasteiger partial charge on any atom is 0.221 e. The van der Waals surface area contributed by atoms with Crippen molar-refractivity contribution in [1.82, 2.24) is 5.32 Å². The molecule has 1 fully saturated rings. The molecule has 3 heteroatoms. The molecule has 0 aromatic heterocycles. The minimum absolute atomic E-state index is 0.0257. The second kappa shape index (κ2) is 6.61. The number of hydrogen-bond donors (Lipinski definition) is 2. The molecule has 1 aliphatic carbocycles. The molecule has 1 amide bonds. The highest BCUT2D eigenvalue weighted by atomic mass is 16.1. The van der Waals surface area contributed by atoms with Crippen LogP contribution in [0.3, 0.4) is 0 Å². The highest BCUT2D eigenvalue weighted by Crippen LogP contribution is 2.35. The van der Waals surface area contributed by atoms with Gasteiger partial charge in [0.25, 0.3) is 0 Å². The summed E-state index contributed by atoms with van der Waals surface area (Å²) in [5.41, 5.74) is 2.61. The highest BCUT2D eigenvalue weighted by molar-refractivity contribution is 5.88. The first-order chi connectivity index (χ1) is 9.85. The maximum absolute atomic E-state index is 11.1. The van der Waals surface area contributed by atoms with E-state index in [-0.39, 0.29) is 5.91 Å². The van der Waals surface area contributed by atoms with E-state index in [1.807, 2.05) is 12.1 Å². The molecule has 0 saturated heterocycles. The Labute approximate surface area is 128 Å². The van der Waals surface area contributed by atoms with E-state index < -0.39 is 0 Å². The molecule has 0 spiro atoms. The smallest absolute Gasteiger partial charge is 0.221 e. The summed E-state index contributed by atoms with van der Waals surface area (Å²) in [4.78, 5) is 11.1. The molecule has 0 aliphatic heterocycles. The lowest BCUT2D eigenvalue weighted by molar-refractivity contribution is -0.114. The summed E-state index contributed by atoms with van der Waals surface area (Å²) in [6.45, 7) is 8.47. The molecule has 0 heterocycles. The second-order valence-corrected chi connectivity index (χ2v) is 7.13. The summed E-state index contributed by atoms with van der Waals surface area (Å²) in [7, 11) is 0. The van der Waals surface area contributed by atoms with Crippen molar-refractivity contribution < 1.29 is 4.79 Å². The third kappa shape index (κ3) is 4.85. The standard InChI is InChI=1S/C18H28N2O/c1-13(19-16-8-10-18(3,4)11-9-16)15-6-5-7-17(12-15)20-14(2)21/h5-7,12-13,16,19H,8-11H2,1-4H3,(H,20,21). The van der Waals surface area contributed by atoms with Crippen molar-refractivity contribution in [1.29, 1.82) is 0 Å². The van der Waals surface area contributed by atoms with Crippen molar-refractivity contribution >= 4 is 11.6 Å². The van der Waals surface area contributed by atoms with Crippen LogP contribution in [0.5, 0.6) is 0 Å². The predicted molar refractivity (Wildman–Crippen MR) is 88.3 cm³/mol. The van der Waals surface area contributed by atoms with Crippen LogP contribution in [0.2, 0.25) is 0 Å². The number of amides is 1. The van der Waals surface area contributed by atoms with Crippen LogP contribution in [0.1, 0.15) is 65.0 Å². The summed E-state index contributed by atoms with van der Waals surface area (Å²) in [6.07, 6.45) is 5.10. The van der Waals surface area contributed by atoms with Crippen molar-refractivity contribution in [2.75, 3.05) is 5.32 Å². The molecule has 0 bridgehead atoms. The fourth-order valence-corrected chi connectivity index (χ4v) is 3.10. The first kappa shape index (κ1) is 16.0. The summed E-state index contributed by atoms with van der Waals surface area (Å²) < 4.78 is 0. The zero-order valence-electron chi connectivity index (χ0n) is 13.7. The van der Waals surface area contributed by atoms with Crippen LogP contribution in [0.15, 0.2) is 24.3 Å². The van der Waals surface area contributed by atoms with Crippen LogP contribution in [0, 0.1) is 5.41 Å². The molecule has 21 heavy (non-hydrogen) atoms. The SMILES string of the molecule is CC(=O)Nc1cccc(C(C)NC2CCC(C)(C)CC2)c1. The van der Waals surface area contributed by atoms with Gasteiger partial charge in [-0.15, -0.1) is 0 Å². The normalized spacial score (nSPS) is 20.0. The fourth-order valence-electron chi connectivity index (χ4n) is 3.10. The van der Waals surface area contributed by atoms with Crippen molar-refractivity contribution in [3.63, 3.8) is 0 Å². The molecule has 1 atom stereocenters. The molecule has 0 radical (unpaired) electrons. The molecule has 3 nitrogen and oxygen atoms in total. The van der Waals surface area contributed by atoms with Crippen molar-refractivity contribution in [3.05, 3.63) is 29.8 Å². The summed E-state index contributed by atoms with van der Waals surface area (Å²) in [5.74, 6) is -0.0257. The first-order valence-electron chi connectivity index (χ1n) is 7.99. The lowest BCUT2D eigenvalue weighted by Crippen LogP contribution is -2.37. The van der Waals surface area contributed by atoms with E-state index >= 15 is 0 Å². The fraction of sp³-hybridized carbons (Fsp3) is 0.611. The minimum Gasteiger partial charge on any atom is -0.326 e. The Morgan fingerprint density at radius 2 is 1.95 bits per heavy atom. The van der Waals surface area contributed by atoms with E-state index in [9.17, 15) is 4.79 Å². The van der Waals surface area contributed by atoms with E-state index in [4.69, 9.17) is 0 Å². The van der Waals surface area contributed by atoms with Crippen LogP contribution in [0.25, 0.3) is 0 Å². The van der Waals surface area contributed by atoms with Gasteiger partial charge in [0, 0.05) is 24.7 Å². The molecule has 1 aromatic carbocycles. The van der Waals surface area contributed by atoms with Crippen LogP contribution >= 0.6 is 0 Å². The van der Waals surface area contributed by atoms with E-state index in [2.05, 4.69) is 43.5 Å². The minimum atomic E-state index is -0.0257. The molecule has 1 aromatic rings. The first-order valence-corrected chi connectivity index (χ1v) is 7.99. The molecular weight excluding hydrogens is 260 g/mol. The van der Waals surface area contributed by atoms with Gasteiger partial charge in [0.05, 0.1) is 0 Å². The number of anilines is 1. The average Bonchev–Trinajstić information content (AvgIpc) is 2.41. The van der Waals surface area contributed by atoms with Crippen molar-refractivity contribution in [3.8, 4) is 0 Å². The molecule has 1 aliphatic rings. The molecule has 2 rings (SSSR count). The van der Waals surface area contributed by atoms with E-state index in [1.54, 1.807) is 0 Å². The Bertz CT molecular complexity index is 486. The van der Waals surface area contributed by atoms with Gasteiger partial charge < -0.3 is 10.6 Å². The number of carbonyl (C=O) groups excluding carboxylic acids is 1. The van der Waals surface area contributed by atoms with Gasteiger partial charge in [0.15, 0.2) is 0 Å². The monoisotopic (exact) mass is 288 g/mol. The van der Waals surface area contributed by atoms with Crippen LogP contribution in [-0.4, -0.2) is 11.9 Å². The topological polar surface area (TPSA) is 41.1 Å². The number of rotatable bonds is 4. The maximum atomic E-state index is 11.1. The summed E-state index contributed by atoms with van der Waals surface area (Å²) in [5, 5.41) is 6.59. The quantitative estimate of drug-likeness (QED) is 0.869. The van der Waals surface area contributed by atoms with Gasteiger partial charge in [-0.05, 0) is 55.7 Å². The predicted octanol–water partition coefficient (Wildman–Crippen LogP) is 4.26. The highest BCUT2D eigenvalue weighted by Gasteiger charge is 2.27. The van der Waals surface area contributed by atoms with Gasteiger partial charge >= 0.3 is 0 Å². The van der Waals surface area contributed by atoms with Crippen molar-refractivity contribution in [2.24, 2.45) is 5.41 Å². The van der Waals surface area contributed by atoms with E-state index in [1.165, 1.54) is 38.2 Å². The van der Waals surface area contributed by atoms with E-state index in [0.717, 1.165) is 5.69 Å². The van der Waals surface area contributed by atoms with Gasteiger partial charge in [-0.2, -0.15) is 0 Å². The lowest BCUT2D eigenvalue weighted by Gasteiger charge is -2.36. The zero-order valence-corrected chi connectivity index (χ0v) is 13.7. The number of hydrogen-bond acceptors (Lipinski definition) is 2. The number of nitrogens with one attached hydrogen (secondary N) is 2. The van der Waals surface area contributed by atoms with Gasteiger partial charge in [-0.3, -0.25) is 4.79 Å². The van der Waals surface area contributed by atoms with E-state index in [0.29, 0.717) is 17.5 Å². The Balaban J connectivity index is 1.94. The number of benzene rings is 1. The Morgan fingerprint density at radius 3 is 2.57 bits per heavy atom. The Hall–Kier alpha value is -1.35. The summed E-state index contributed by atoms with van der Waals surface area (Å²) in [6, 6.07) is 9.04. The molecular formula is C18H28N2O. The van der Waals surface area contributed by atoms with Crippen LogP contribution < -0.4 is 10.6 Å².